The number of para-hydroxylation sites is 1. The van der Waals surface area contributed by atoms with E-state index in [-0.39, 0.29) is 5.78 Å². The van der Waals surface area contributed by atoms with Gasteiger partial charge in [-0.05, 0) is 49.8 Å². The molecule has 0 radical (unpaired) electrons. The van der Waals surface area contributed by atoms with Crippen molar-refractivity contribution in [2.45, 2.75) is 13.8 Å². The van der Waals surface area contributed by atoms with Gasteiger partial charge in [-0.25, -0.2) is 4.79 Å². The van der Waals surface area contributed by atoms with Crippen molar-refractivity contribution in [3.63, 3.8) is 0 Å². The number of ketones is 1. The van der Waals surface area contributed by atoms with Crippen molar-refractivity contribution >= 4 is 29.4 Å². The number of anilines is 1. The quantitative estimate of drug-likeness (QED) is 0.439. The highest BCUT2D eigenvalue weighted by Gasteiger charge is 2.10. The van der Waals surface area contributed by atoms with Crippen LogP contribution in [-0.4, -0.2) is 30.9 Å². The molecule has 0 aromatic heterocycles. The third-order valence-corrected chi connectivity index (χ3v) is 3.53. The summed E-state index contributed by atoms with van der Waals surface area (Å²) < 4.78 is 10.3. The van der Waals surface area contributed by atoms with E-state index in [0.717, 1.165) is 11.3 Å². The number of rotatable bonds is 8. The number of benzene rings is 2. The summed E-state index contributed by atoms with van der Waals surface area (Å²) in [7, 11) is 0. The monoisotopic (exact) mass is 367 g/mol. The number of hydrogen-bond acceptors (Lipinski definition) is 5. The minimum atomic E-state index is -0.640. The molecule has 0 atom stereocenters. The molecule has 6 nitrogen and oxygen atoms in total. The number of Topliss-reactive ketones (excluding diaryl/α,β-unsaturated/α-hetero) is 1. The Morgan fingerprint density at radius 2 is 1.74 bits per heavy atom. The highest BCUT2D eigenvalue weighted by molar-refractivity contribution is 6.04. The molecule has 2 aromatic rings. The normalized spacial score (nSPS) is 10.4. The lowest BCUT2D eigenvalue weighted by atomic mass is 10.1. The van der Waals surface area contributed by atoms with E-state index in [4.69, 9.17) is 9.47 Å². The molecule has 0 spiro atoms. The van der Waals surface area contributed by atoms with Gasteiger partial charge >= 0.3 is 5.97 Å². The first-order chi connectivity index (χ1) is 13.0. The molecule has 0 saturated heterocycles. The Balaban J connectivity index is 1.84. The molecule has 1 N–H and O–H groups in total. The SMILES string of the molecule is CCOc1ccc(/C=C/C(=O)OCC(=O)Nc2ccccc2C(C)=O)cc1. The molecule has 27 heavy (non-hydrogen) atoms. The summed E-state index contributed by atoms with van der Waals surface area (Å²) in [5.41, 5.74) is 1.58. The molecule has 0 bridgehead atoms. The van der Waals surface area contributed by atoms with Crippen molar-refractivity contribution in [1.29, 1.82) is 0 Å². The average molecular weight is 367 g/mol. The van der Waals surface area contributed by atoms with Gasteiger partial charge in [0.2, 0.25) is 0 Å². The average Bonchev–Trinajstić information content (AvgIpc) is 2.66. The van der Waals surface area contributed by atoms with Crippen molar-refractivity contribution in [3.05, 3.63) is 65.7 Å². The molecular weight excluding hydrogens is 346 g/mol. The van der Waals surface area contributed by atoms with Gasteiger partial charge in [-0.15, -0.1) is 0 Å². The predicted molar refractivity (Wildman–Crippen MR) is 103 cm³/mol. The fraction of sp³-hybridized carbons (Fsp3) is 0.190. The van der Waals surface area contributed by atoms with Gasteiger partial charge in [0.05, 0.1) is 12.3 Å². The van der Waals surface area contributed by atoms with Gasteiger partial charge in [-0.1, -0.05) is 24.3 Å². The molecule has 2 aromatic carbocycles. The first-order valence-electron chi connectivity index (χ1n) is 8.47. The van der Waals surface area contributed by atoms with E-state index in [0.29, 0.717) is 17.9 Å². The summed E-state index contributed by atoms with van der Waals surface area (Å²) in [5, 5.41) is 2.56. The van der Waals surface area contributed by atoms with Crippen molar-refractivity contribution in [2.24, 2.45) is 0 Å². The molecule has 0 saturated carbocycles. The van der Waals surface area contributed by atoms with Gasteiger partial charge in [0.15, 0.2) is 12.4 Å². The van der Waals surface area contributed by atoms with Crippen LogP contribution in [0.1, 0.15) is 29.8 Å². The number of ether oxygens (including phenoxy) is 2. The van der Waals surface area contributed by atoms with Crippen molar-refractivity contribution in [3.8, 4) is 5.75 Å². The summed E-state index contributed by atoms with van der Waals surface area (Å²) in [6.07, 6.45) is 2.83. The molecule has 0 heterocycles. The van der Waals surface area contributed by atoms with E-state index < -0.39 is 18.5 Å². The molecule has 0 aliphatic carbocycles. The Bertz CT molecular complexity index is 840. The Morgan fingerprint density at radius 3 is 2.41 bits per heavy atom. The second-order valence-electron chi connectivity index (χ2n) is 5.59. The maximum atomic E-state index is 11.9. The summed E-state index contributed by atoms with van der Waals surface area (Å²) in [6.45, 7) is 3.45. The van der Waals surface area contributed by atoms with E-state index in [9.17, 15) is 14.4 Å². The zero-order chi connectivity index (χ0) is 19.6. The van der Waals surface area contributed by atoms with Gasteiger partial charge in [0.25, 0.3) is 5.91 Å². The number of esters is 1. The summed E-state index contributed by atoms with van der Waals surface area (Å²) in [4.78, 5) is 35.2. The minimum Gasteiger partial charge on any atom is -0.494 e. The third-order valence-electron chi connectivity index (χ3n) is 3.53. The van der Waals surface area contributed by atoms with Crippen LogP contribution >= 0.6 is 0 Å². The predicted octanol–water partition coefficient (Wildman–Crippen LogP) is 3.48. The van der Waals surface area contributed by atoms with E-state index in [2.05, 4.69) is 5.32 Å². The van der Waals surface area contributed by atoms with Crippen LogP contribution in [0.25, 0.3) is 6.08 Å². The van der Waals surface area contributed by atoms with E-state index in [1.807, 2.05) is 6.92 Å². The van der Waals surface area contributed by atoms with Crippen LogP contribution in [0.4, 0.5) is 5.69 Å². The van der Waals surface area contributed by atoms with Crippen LogP contribution in [0, 0.1) is 0 Å². The lowest BCUT2D eigenvalue weighted by molar-refractivity contribution is -0.142. The Kier molecular flexibility index (Phi) is 7.31. The molecule has 1 amide bonds. The van der Waals surface area contributed by atoms with Gasteiger partial charge in [-0.2, -0.15) is 0 Å². The number of amides is 1. The topological polar surface area (TPSA) is 81.7 Å². The van der Waals surface area contributed by atoms with Crippen LogP contribution in [0.2, 0.25) is 0 Å². The highest BCUT2D eigenvalue weighted by Crippen LogP contribution is 2.15. The molecule has 2 rings (SSSR count). The maximum absolute atomic E-state index is 11.9. The smallest absolute Gasteiger partial charge is 0.331 e. The molecule has 140 valence electrons. The summed E-state index contributed by atoms with van der Waals surface area (Å²) in [5.74, 6) is -0.577. The second kappa shape index (κ2) is 9.91. The lowest BCUT2D eigenvalue weighted by Gasteiger charge is -2.08. The Labute approximate surface area is 157 Å². The first-order valence-corrected chi connectivity index (χ1v) is 8.47. The third kappa shape index (κ3) is 6.43. The number of hydrogen-bond donors (Lipinski definition) is 1. The number of carbonyl (C=O) groups excluding carboxylic acids is 3. The molecule has 0 aliphatic rings. The van der Waals surface area contributed by atoms with Crippen molar-refractivity contribution in [1.82, 2.24) is 0 Å². The summed E-state index contributed by atoms with van der Waals surface area (Å²) >= 11 is 0. The van der Waals surface area contributed by atoms with Gasteiger partial charge < -0.3 is 14.8 Å². The van der Waals surface area contributed by atoms with Crippen LogP contribution in [-0.2, 0) is 14.3 Å². The second-order valence-corrected chi connectivity index (χ2v) is 5.59. The first kappa shape index (κ1) is 19.9. The van der Waals surface area contributed by atoms with E-state index in [1.54, 1.807) is 54.6 Å². The fourth-order valence-electron chi connectivity index (χ4n) is 2.28. The molecule has 6 heteroatoms. The molecule has 0 fully saturated rings. The van der Waals surface area contributed by atoms with E-state index in [1.165, 1.54) is 13.0 Å². The maximum Gasteiger partial charge on any atom is 0.331 e. The van der Waals surface area contributed by atoms with Gasteiger partial charge in [0.1, 0.15) is 5.75 Å². The largest absolute Gasteiger partial charge is 0.494 e. The summed E-state index contributed by atoms with van der Waals surface area (Å²) in [6, 6.07) is 13.8. The van der Waals surface area contributed by atoms with Crippen LogP contribution in [0.3, 0.4) is 0 Å². The lowest BCUT2D eigenvalue weighted by Crippen LogP contribution is -2.21. The molecular formula is C21H21NO5. The standard InChI is InChI=1S/C21H21NO5/c1-3-26-17-11-8-16(9-12-17)10-13-21(25)27-14-20(24)22-19-7-5-4-6-18(19)15(2)23/h4-13H,3,14H2,1-2H3,(H,22,24)/b13-10+. The molecule has 0 aliphatic heterocycles. The Hall–Kier alpha value is -3.41. The van der Waals surface area contributed by atoms with Gasteiger partial charge in [-0.3, -0.25) is 9.59 Å². The van der Waals surface area contributed by atoms with Crippen molar-refractivity contribution < 1.29 is 23.9 Å². The minimum absolute atomic E-state index is 0.166. The Morgan fingerprint density at radius 1 is 1.04 bits per heavy atom. The van der Waals surface area contributed by atoms with E-state index >= 15 is 0 Å². The highest BCUT2D eigenvalue weighted by atomic mass is 16.5. The van der Waals surface area contributed by atoms with Crippen LogP contribution < -0.4 is 10.1 Å². The fourth-order valence-corrected chi connectivity index (χ4v) is 2.28. The zero-order valence-electron chi connectivity index (χ0n) is 15.2. The van der Waals surface area contributed by atoms with Crippen LogP contribution in [0.15, 0.2) is 54.6 Å². The van der Waals surface area contributed by atoms with Crippen molar-refractivity contribution in [2.75, 3.05) is 18.5 Å². The van der Waals surface area contributed by atoms with Gasteiger partial charge in [0, 0.05) is 11.6 Å². The molecule has 0 unspecified atom stereocenters. The van der Waals surface area contributed by atoms with Crippen LogP contribution in [0.5, 0.6) is 5.75 Å². The number of nitrogens with one attached hydrogen (secondary N) is 1. The zero-order valence-corrected chi connectivity index (χ0v) is 15.2. The number of carbonyl (C=O) groups is 3.